The van der Waals surface area contributed by atoms with Crippen LogP contribution in [0.5, 0.6) is 11.5 Å². The van der Waals surface area contributed by atoms with Crippen LogP contribution in [0.4, 0.5) is 0 Å². The molecular formula is C23H33N3O4. The number of carbonyl (C=O) groups is 1. The van der Waals surface area contributed by atoms with Crippen molar-refractivity contribution in [2.75, 3.05) is 59.3 Å². The second-order valence-electron chi connectivity index (χ2n) is 8.97. The van der Waals surface area contributed by atoms with Crippen LogP contribution >= 0.6 is 0 Å². The van der Waals surface area contributed by atoms with Crippen LogP contribution in [0.2, 0.25) is 0 Å². The number of fused-ring (bicyclic) bond motifs is 1. The molecule has 0 unspecified atom stereocenters. The van der Waals surface area contributed by atoms with Crippen LogP contribution in [-0.2, 0) is 16.1 Å². The van der Waals surface area contributed by atoms with Gasteiger partial charge in [-0.15, -0.1) is 0 Å². The molecule has 0 N–H and O–H groups in total. The normalized spacial score (nSPS) is 26.1. The maximum atomic E-state index is 12.9. The lowest BCUT2D eigenvalue weighted by atomic mass is 9.92. The first kappa shape index (κ1) is 20.1. The fraction of sp³-hybridized carbons (Fsp3) is 0.696. The van der Waals surface area contributed by atoms with E-state index in [0.717, 1.165) is 70.2 Å². The predicted octanol–water partition coefficient (Wildman–Crippen LogP) is 1.95. The van der Waals surface area contributed by atoms with Gasteiger partial charge < -0.3 is 19.1 Å². The Hall–Kier alpha value is -1.83. The summed E-state index contributed by atoms with van der Waals surface area (Å²) in [7, 11) is 0. The molecule has 1 aromatic carbocycles. The summed E-state index contributed by atoms with van der Waals surface area (Å²) in [6, 6.07) is 6.88. The van der Waals surface area contributed by atoms with Gasteiger partial charge in [-0.25, -0.2) is 0 Å². The third-order valence-corrected chi connectivity index (χ3v) is 7.04. The maximum Gasteiger partial charge on any atom is 0.231 e. The minimum absolute atomic E-state index is 0.170. The van der Waals surface area contributed by atoms with Crippen molar-refractivity contribution in [2.45, 2.75) is 38.3 Å². The van der Waals surface area contributed by atoms with Gasteiger partial charge in [-0.2, -0.15) is 0 Å². The summed E-state index contributed by atoms with van der Waals surface area (Å²) in [5.41, 5.74) is 1.28. The number of benzene rings is 1. The molecule has 1 amide bonds. The fourth-order valence-electron chi connectivity index (χ4n) is 5.32. The smallest absolute Gasteiger partial charge is 0.231 e. The molecule has 0 spiro atoms. The van der Waals surface area contributed by atoms with Gasteiger partial charge >= 0.3 is 0 Å². The Balaban J connectivity index is 1.11. The molecule has 3 saturated heterocycles. The highest BCUT2D eigenvalue weighted by molar-refractivity contribution is 5.79. The topological polar surface area (TPSA) is 54.5 Å². The molecule has 0 saturated carbocycles. The Morgan fingerprint density at radius 3 is 2.60 bits per heavy atom. The molecule has 0 radical (unpaired) electrons. The molecular weight excluding hydrogens is 382 g/mol. The Bertz CT molecular complexity index is 744. The number of carbonyl (C=O) groups excluding carboxylic acids is 1. The number of amides is 1. The Morgan fingerprint density at radius 2 is 1.77 bits per heavy atom. The number of piperidine rings is 2. The highest BCUT2D eigenvalue weighted by Crippen LogP contribution is 2.33. The van der Waals surface area contributed by atoms with Gasteiger partial charge in [0.15, 0.2) is 11.5 Å². The monoisotopic (exact) mass is 415 g/mol. The first-order chi connectivity index (χ1) is 14.8. The van der Waals surface area contributed by atoms with Gasteiger partial charge in [0, 0.05) is 32.2 Å². The number of hydrogen-bond donors (Lipinski definition) is 0. The second-order valence-corrected chi connectivity index (χ2v) is 8.97. The van der Waals surface area contributed by atoms with E-state index >= 15 is 0 Å². The van der Waals surface area contributed by atoms with Crippen LogP contribution in [0.3, 0.4) is 0 Å². The van der Waals surface area contributed by atoms with E-state index in [4.69, 9.17) is 14.2 Å². The molecule has 0 aromatic heterocycles. The molecule has 1 aromatic rings. The van der Waals surface area contributed by atoms with E-state index in [1.54, 1.807) is 0 Å². The molecule has 0 aliphatic carbocycles. The molecule has 0 bridgehead atoms. The molecule has 164 valence electrons. The summed E-state index contributed by atoms with van der Waals surface area (Å²) in [5.74, 6) is 2.24. The third kappa shape index (κ3) is 4.43. The van der Waals surface area contributed by atoms with Gasteiger partial charge in [-0.1, -0.05) is 6.07 Å². The SMILES string of the molecule is O=C([C@@H]1CCCN(C2CCN(Cc3ccc4c(c3)OCO4)CC2)C1)N1CCOCC1. The number of nitrogens with zero attached hydrogens (tertiary/aromatic N) is 3. The molecule has 4 heterocycles. The average Bonchev–Trinajstić information content (AvgIpc) is 3.28. The van der Waals surface area contributed by atoms with Crippen LogP contribution in [-0.4, -0.2) is 85.9 Å². The zero-order chi connectivity index (χ0) is 20.3. The minimum Gasteiger partial charge on any atom is -0.454 e. The van der Waals surface area contributed by atoms with E-state index in [0.29, 0.717) is 32.0 Å². The molecule has 4 aliphatic rings. The van der Waals surface area contributed by atoms with Crippen molar-refractivity contribution in [1.82, 2.24) is 14.7 Å². The predicted molar refractivity (Wildman–Crippen MR) is 113 cm³/mol. The van der Waals surface area contributed by atoms with Gasteiger partial charge in [0.2, 0.25) is 12.7 Å². The first-order valence-electron chi connectivity index (χ1n) is 11.5. The Kier molecular flexibility index (Phi) is 6.11. The largest absolute Gasteiger partial charge is 0.454 e. The van der Waals surface area contributed by atoms with Crippen molar-refractivity contribution in [1.29, 1.82) is 0 Å². The average molecular weight is 416 g/mol. The number of rotatable bonds is 4. The van der Waals surface area contributed by atoms with Crippen LogP contribution in [0.1, 0.15) is 31.2 Å². The van der Waals surface area contributed by atoms with Crippen LogP contribution in [0, 0.1) is 5.92 Å². The van der Waals surface area contributed by atoms with Gasteiger partial charge in [-0.3, -0.25) is 14.6 Å². The van der Waals surface area contributed by atoms with Crippen molar-refractivity contribution in [2.24, 2.45) is 5.92 Å². The van der Waals surface area contributed by atoms with Gasteiger partial charge in [0.1, 0.15) is 0 Å². The van der Waals surface area contributed by atoms with Crippen molar-refractivity contribution in [3.63, 3.8) is 0 Å². The highest BCUT2D eigenvalue weighted by atomic mass is 16.7. The van der Waals surface area contributed by atoms with Crippen molar-refractivity contribution < 1.29 is 19.0 Å². The Morgan fingerprint density at radius 1 is 0.967 bits per heavy atom. The fourth-order valence-corrected chi connectivity index (χ4v) is 5.32. The number of ether oxygens (including phenoxy) is 3. The molecule has 30 heavy (non-hydrogen) atoms. The van der Waals surface area contributed by atoms with Crippen LogP contribution < -0.4 is 9.47 Å². The van der Waals surface area contributed by atoms with Crippen molar-refractivity contribution in [3.8, 4) is 11.5 Å². The van der Waals surface area contributed by atoms with E-state index in [2.05, 4.69) is 21.9 Å². The highest BCUT2D eigenvalue weighted by Gasteiger charge is 2.34. The van der Waals surface area contributed by atoms with Crippen LogP contribution in [0.25, 0.3) is 0 Å². The van der Waals surface area contributed by atoms with E-state index in [-0.39, 0.29) is 5.92 Å². The standard InChI is InChI=1S/C23H33N3O4/c27-23(25-10-12-28-13-11-25)19-2-1-7-26(16-19)20-5-8-24(9-6-20)15-18-3-4-21-22(14-18)30-17-29-21/h3-4,14,19-20H,1-2,5-13,15-17H2/t19-/m1/s1. The van der Waals surface area contributed by atoms with E-state index in [1.165, 1.54) is 18.4 Å². The summed E-state index contributed by atoms with van der Waals surface area (Å²) in [4.78, 5) is 20.1. The van der Waals surface area contributed by atoms with E-state index in [1.807, 2.05) is 11.0 Å². The maximum absolute atomic E-state index is 12.9. The summed E-state index contributed by atoms with van der Waals surface area (Å²) in [5, 5.41) is 0. The third-order valence-electron chi connectivity index (χ3n) is 7.04. The number of likely N-dealkylation sites (tertiary alicyclic amines) is 2. The summed E-state index contributed by atoms with van der Waals surface area (Å²) in [6.45, 7) is 8.46. The van der Waals surface area contributed by atoms with Gasteiger partial charge in [0.05, 0.1) is 19.1 Å². The van der Waals surface area contributed by atoms with Crippen molar-refractivity contribution in [3.05, 3.63) is 23.8 Å². The zero-order valence-electron chi connectivity index (χ0n) is 17.8. The summed E-state index contributed by atoms with van der Waals surface area (Å²) < 4.78 is 16.3. The molecule has 7 nitrogen and oxygen atoms in total. The number of hydrogen-bond acceptors (Lipinski definition) is 6. The lowest BCUT2D eigenvalue weighted by Crippen LogP contribution is -2.52. The summed E-state index contributed by atoms with van der Waals surface area (Å²) >= 11 is 0. The second kappa shape index (κ2) is 9.12. The minimum atomic E-state index is 0.170. The lowest BCUT2D eigenvalue weighted by molar-refractivity contribution is -0.142. The molecule has 7 heteroatoms. The molecule has 1 atom stereocenters. The lowest BCUT2D eigenvalue weighted by Gasteiger charge is -2.43. The van der Waals surface area contributed by atoms with Gasteiger partial charge in [0.25, 0.3) is 0 Å². The molecule has 3 fully saturated rings. The first-order valence-corrected chi connectivity index (χ1v) is 11.5. The van der Waals surface area contributed by atoms with Gasteiger partial charge in [-0.05, 0) is 63.0 Å². The van der Waals surface area contributed by atoms with Crippen molar-refractivity contribution >= 4 is 5.91 Å². The molecule has 5 rings (SSSR count). The number of morpholine rings is 1. The van der Waals surface area contributed by atoms with E-state index < -0.39 is 0 Å². The van der Waals surface area contributed by atoms with Crippen LogP contribution in [0.15, 0.2) is 18.2 Å². The quantitative estimate of drug-likeness (QED) is 0.749. The molecule has 4 aliphatic heterocycles. The zero-order valence-corrected chi connectivity index (χ0v) is 17.8. The Labute approximate surface area is 178 Å². The summed E-state index contributed by atoms with van der Waals surface area (Å²) in [6.07, 6.45) is 4.54. The van der Waals surface area contributed by atoms with E-state index in [9.17, 15) is 4.79 Å².